The molecule has 6 nitrogen and oxygen atoms in total. The van der Waals surface area contributed by atoms with E-state index in [2.05, 4.69) is 0 Å². The third-order valence-corrected chi connectivity index (χ3v) is 6.02. The average molecular weight is 463 g/mol. The van der Waals surface area contributed by atoms with Crippen molar-refractivity contribution in [2.45, 2.75) is 31.5 Å². The first kappa shape index (κ1) is 23.4. The Labute approximate surface area is 183 Å². The number of ether oxygens (including phenoxy) is 5. The van der Waals surface area contributed by atoms with Crippen LogP contribution in [0.2, 0.25) is 0 Å². The molecular weight excluding hydrogens is 440 g/mol. The molecule has 28 heavy (non-hydrogen) atoms. The Balaban J connectivity index is 2.10. The van der Waals surface area contributed by atoms with Crippen LogP contribution in [0, 0.1) is 6.92 Å². The number of methoxy groups -OCH3 is 1. The Bertz CT molecular complexity index is 696. The highest BCUT2D eigenvalue weighted by Crippen LogP contribution is 2.30. The average Bonchev–Trinajstić information content (AvgIpc) is 3.02. The first-order valence-corrected chi connectivity index (χ1v) is 11.6. The van der Waals surface area contributed by atoms with Crippen LogP contribution in [0.3, 0.4) is 0 Å². The second-order valence-corrected chi connectivity index (χ2v) is 8.63. The van der Waals surface area contributed by atoms with Crippen LogP contribution in [0.4, 0.5) is 0 Å². The summed E-state index contributed by atoms with van der Waals surface area (Å²) in [5.74, 6) is -0.451. The predicted octanol–water partition coefficient (Wildman–Crippen LogP) is 3.59. The van der Waals surface area contributed by atoms with E-state index in [1.807, 2.05) is 25.3 Å². The summed E-state index contributed by atoms with van der Waals surface area (Å²) < 4.78 is 28.9. The fraction of sp³-hybridized carbons (Fsp3) is 0.500. The molecule has 1 heterocycles. The van der Waals surface area contributed by atoms with Gasteiger partial charge in [0.25, 0.3) is 0 Å². The first-order valence-electron chi connectivity index (χ1n) is 8.30. The number of carbonyl (C=O) groups is 1. The van der Waals surface area contributed by atoms with E-state index in [0.717, 1.165) is 5.56 Å². The van der Waals surface area contributed by atoms with E-state index >= 15 is 0 Å². The summed E-state index contributed by atoms with van der Waals surface area (Å²) in [6.07, 6.45) is 0.977. The molecule has 1 saturated heterocycles. The number of carbonyl (C=O) groups excluding carboxylic acids is 1. The molecule has 0 bridgehead atoms. The van der Waals surface area contributed by atoms with Crippen LogP contribution in [-0.2, 0) is 23.7 Å². The number of hydrogen-bond acceptors (Lipinski definition) is 10. The molecule has 0 N–H and O–H groups in total. The fourth-order valence-electron chi connectivity index (χ4n) is 2.53. The van der Waals surface area contributed by atoms with Crippen molar-refractivity contribution in [3.63, 3.8) is 0 Å². The van der Waals surface area contributed by atoms with Crippen LogP contribution in [0.15, 0.2) is 24.3 Å². The molecule has 0 amide bonds. The van der Waals surface area contributed by atoms with Crippen molar-refractivity contribution in [2.24, 2.45) is 0 Å². The smallest absolute Gasteiger partial charge is 0.338 e. The quantitative estimate of drug-likeness (QED) is 0.463. The zero-order valence-electron chi connectivity index (χ0n) is 15.9. The number of thioether (sulfide) groups is 2. The van der Waals surface area contributed by atoms with E-state index in [4.69, 9.17) is 48.1 Å². The number of esters is 1. The van der Waals surface area contributed by atoms with Crippen LogP contribution in [0.5, 0.6) is 0 Å². The van der Waals surface area contributed by atoms with Gasteiger partial charge in [0.2, 0.25) is 8.77 Å². The number of thiocarbonyl (C=S) groups is 2. The summed E-state index contributed by atoms with van der Waals surface area (Å²) in [7, 11) is 1.49. The van der Waals surface area contributed by atoms with E-state index in [1.165, 1.54) is 30.6 Å². The minimum absolute atomic E-state index is 0.0415. The SMILES string of the molecule is COC1O[C@H](COC(=O)c2ccc(C)cc2)[C@@H](OC(=S)SC)[C@H]1OC(=S)SC. The lowest BCUT2D eigenvalue weighted by atomic mass is 10.1. The summed E-state index contributed by atoms with van der Waals surface area (Å²) in [4.78, 5) is 12.3. The molecule has 0 aromatic heterocycles. The molecule has 1 aliphatic heterocycles. The Morgan fingerprint density at radius 1 is 1.07 bits per heavy atom. The van der Waals surface area contributed by atoms with E-state index in [0.29, 0.717) is 14.3 Å². The zero-order chi connectivity index (χ0) is 20.7. The Kier molecular flexibility index (Phi) is 9.45. The normalized spacial score (nSPS) is 23.9. The highest BCUT2D eigenvalue weighted by molar-refractivity contribution is 8.22. The molecule has 1 aliphatic rings. The Morgan fingerprint density at radius 2 is 1.64 bits per heavy atom. The van der Waals surface area contributed by atoms with E-state index in [1.54, 1.807) is 18.4 Å². The summed E-state index contributed by atoms with van der Waals surface area (Å²) in [6, 6.07) is 7.12. The standard InChI is InChI=1S/C18H22O6S4/c1-10-5-7-11(8-6-10)15(19)21-9-12-13(23-17(25)27-3)14(16(20-2)22-12)24-18(26)28-4/h5-8,12-14,16H,9H2,1-4H3/t12-,13-,14-,16?/m1/s1. The number of aryl methyl sites for hydroxylation is 1. The summed E-state index contributed by atoms with van der Waals surface area (Å²) in [5.41, 5.74) is 1.52. The molecule has 0 saturated carbocycles. The molecule has 0 radical (unpaired) electrons. The van der Waals surface area contributed by atoms with Gasteiger partial charge in [0, 0.05) is 7.11 Å². The van der Waals surface area contributed by atoms with Crippen molar-refractivity contribution in [1.82, 2.24) is 0 Å². The number of rotatable bonds is 6. The van der Waals surface area contributed by atoms with Crippen LogP contribution in [0.1, 0.15) is 15.9 Å². The second kappa shape index (κ2) is 11.3. The zero-order valence-corrected chi connectivity index (χ0v) is 19.2. The third-order valence-electron chi connectivity index (χ3n) is 3.96. The molecule has 1 aromatic carbocycles. The van der Waals surface area contributed by atoms with Crippen molar-refractivity contribution < 1.29 is 28.5 Å². The molecule has 10 heteroatoms. The van der Waals surface area contributed by atoms with Crippen molar-refractivity contribution >= 4 is 62.7 Å². The minimum Gasteiger partial charge on any atom is -0.468 e. The lowest BCUT2D eigenvalue weighted by molar-refractivity contribution is -0.150. The number of benzene rings is 1. The van der Waals surface area contributed by atoms with Gasteiger partial charge in [-0.15, -0.1) is 0 Å². The molecule has 4 atom stereocenters. The van der Waals surface area contributed by atoms with Crippen molar-refractivity contribution in [3.05, 3.63) is 35.4 Å². The first-order chi connectivity index (χ1) is 13.4. The highest BCUT2D eigenvalue weighted by atomic mass is 32.2. The third kappa shape index (κ3) is 6.30. The molecule has 2 rings (SSSR count). The highest BCUT2D eigenvalue weighted by Gasteiger charge is 2.49. The maximum atomic E-state index is 12.3. The predicted molar refractivity (Wildman–Crippen MR) is 119 cm³/mol. The summed E-state index contributed by atoms with van der Waals surface area (Å²) in [6.45, 7) is 1.90. The maximum absolute atomic E-state index is 12.3. The summed E-state index contributed by atoms with van der Waals surface area (Å²) >= 11 is 12.9. The molecule has 1 unspecified atom stereocenters. The molecule has 0 spiro atoms. The van der Waals surface area contributed by atoms with Gasteiger partial charge >= 0.3 is 5.97 Å². The van der Waals surface area contributed by atoms with Crippen LogP contribution < -0.4 is 0 Å². The van der Waals surface area contributed by atoms with Gasteiger partial charge in [-0.25, -0.2) is 4.79 Å². The van der Waals surface area contributed by atoms with E-state index in [9.17, 15) is 4.79 Å². The van der Waals surface area contributed by atoms with Gasteiger partial charge in [0.1, 0.15) is 12.7 Å². The monoisotopic (exact) mass is 462 g/mol. The van der Waals surface area contributed by atoms with Gasteiger partial charge in [-0.2, -0.15) is 0 Å². The van der Waals surface area contributed by atoms with Gasteiger partial charge in [-0.05, 0) is 56.0 Å². The minimum atomic E-state index is -0.733. The lowest BCUT2D eigenvalue weighted by Gasteiger charge is -2.24. The Morgan fingerprint density at radius 3 is 2.18 bits per heavy atom. The number of hydrogen-bond donors (Lipinski definition) is 0. The topological polar surface area (TPSA) is 63.2 Å². The second-order valence-electron chi connectivity index (χ2n) is 5.82. The van der Waals surface area contributed by atoms with E-state index in [-0.39, 0.29) is 6.61 Å². The van der Waals surface area contributed by atoms with Gasteiger partial charge in [-0.3, -0.25) is 0 Å². The van der Waals surface area contributed by atoms with Crippen molar-refractivity contribution in [2.75, 3.05) is 26.2 Å². The fourth-order valence-corrected chi connectivity index (χ4v) is 3.17. The van der Waals surface area contributed by atoms with Crippen LogP contribution in [-0.4, -0.2) is 65.6 Å². The molecule has 154 valence electrons. The van der Waals surface area contributed by atoms with Crippen molar-refractivity contribution in [1.29, 1.82) is 0 Å². The largest absolute Gasteiger partial charge is 0.468 e. The molecule has 0 aliphatic carbocycles. The van der Waals surface area contributed by atoms with Crippen LogP contribution >= 0.6 is 48.0 Å². The molecule has 1 aromatic rings. The van der Waals surface area contributed by atoms with Crippen LogP contribution in [0.25, 0.3) is 0 Å². The van der Waals surface area contributed by atoms with Crippen molar-refractivity contribution in [3.8, 4) is 0 Å². The maximum Gasteiger partial charge on any atom is 0.338 e. The van der Waals surface area contributed by atoms with Gasteiger partial charge < -0.3 is 23.7 Å². The summed E-state index contributed by atoms with van der Waals surface area (Å²) in [5, 5.41) is 0. The lowest BCUT2D eigenvalue weighted by Crippen LogP contribution is -2.41. The molecular formula is C18H22O6S4. The molecule has 1 fully saturated rings. The van der Waals surface area contributed by atoms with Gasteiger partial charge in [-0.1, -0.05) is 41.2 Å². The van der Waals surface area contributed by atoms with E-state index < -0.39 is 30.6 Å². The van der Waals surface area contributed by atoms with Gasteiger partial charge in [0.05, 0.1) is 5.56 Å². The Hall–Kier alpha value is -0.910. The van der Waals surface area contributed by atoms with Gasteiger partial charge in [0.15, 0.2) is 18.5 Å².